The summed E-state index contributed by atoms with van der Waals surface area (Å²) in [5, 5.41) is 2.83. The Labute approximate surface area is 127 Å². The predicted octanol–water partition coefficient (Wildman–Crippen LogP) is -0.321. The zero-order valence-corrected chi connectivity index (χ0v) is 14.0. The topological polar surface area (TPSA) is 149 Å². The number of carbonyl (C=O) groups is 1. The average molecular weight is 355 g/mol. The molecule has 1 aromatic heterocycles. The molecular formula is C10H17N3O5S3. The van der Waals surface area contributed by atoms with Crippen molar-refractivity contribution in [3.63, 3.8) is 0 Å². The van der Waals surface area contributed by atoms with Gasteiger partial charge >= 0.3 is 0 Å². The van der Waals surface area contributed by atoms with Crippen molar-refractivity contribution < 1.29 is 21.6 Å². The van der Waals surface area contributed by atoms with Crippen LogP contribution in [0.15, 0.2) is 4.90 Å². The van der Waals surface area contributed by atoms with Crippen LogP contribution in [-0.4, -0.2) is 47.0 Å². The molecule has 0 unspecified atom stereocenters. The van der Waals surface area contributed by atoms with Crippen LogP contribution in [0, 0.1) is 0 Å². The predicted molar refractivity (Wildman–Crippen MR) is 83.2 cm³/mol. The Morgan fingerprint density at radius 1 is 1.29 bits per heavy atom. The molecule has 8 nitrogen and oxygen atoms in total. The molecule has 0 saturated carbocycles. The van der Waals surface area contributed by atoms with Gasteiger partial charge in [-0.2, -0.15) is 0 Å². The minimum atomic E-state index is -3.67. The van der Waals surface area contributed by atoms with E-state index < -0.39 is 25.6 Å². The van der Waals surface area contributed by atoms with Crippen LogP contribution in [-0.2, 0) is 19.7 Å². The van der Waals surface area contributed by atoms with Gasteiger partial charge in [0.05, 0.1) is 17.2 Å². The molecule has 11 heteroatoms. The lowest BCUT2D eigenvalue weighted by molar-refractivity contribution is 0.100. The number of hydrogen-bond acceptors (Lipinski definition) is 8. The zero-order chi connectivity index (χ0) is 16.4. The van der Waals surface area contributed by atoms with Crippen LogP contribution in [0.3, 0.4) is 0 Å². The largest absolute Gasteiger partial charge is 0.396 e. The molecule has 1 amide bonds. The lowest BCUT2D eigenvalue weighted by atomic mass is 10.4. The van der Waals surface area contributed by atoms with E-state index in [1.54, 1.807) is 0 Å². The van der Waals surface area contributed by atoms with Crippen molar-refractivity contribution in [2.24, 2.45) is 5.73 Å². The highest BCUT2D eigenvalue weighted by atomic mass is 32.2. The van der Waals surface area contributed by atoms with E-state index in [1.807, 2.05) is 0 Å². The number of nitrogens with one attached hydrogen (secondary N) is 1. The van der Waals surface area contributed by atoms with Crippen LogP contribution in [0.5, 0.6) is 0 Å². The summed E-state index contributed by atoms with van der Waals surface area (Å²) in [5.74, 6) is -1.21. The third kappa shape index (κ3) is 4.32. The van der Waals surface area contributed by atoms with Crippen LogP contribution in [0.1, 0.15) is 16.6 Å². The molecule has 1 heterocycles. The van der Waals surface area contributed by atoms with Gasteiger partial charge in [-0.15, -0.1) is 11.3 Å². The van der Waals surface area contributed by atoms with E-state index in [2.05, 4.69) is 5.32 Å². The Balaban J connectivity index is 3.24. The summed E-state index contributed by atoms with van der Waals surface area (Å²) in [6.07, 6.45) is 1.07. The third-order valence-electron chi connectivity index (χ3n) is 2.57. The molecule has 0 radical (unpaired) electrons. The number of hydrogen-bond donors (Lipinski definition) is 3. The van der Waals surface area contributed by atoms with E-state index in [9.17, 15) is 21.6 Å². The Morgan fingerprint density at radius 3 is 2.29 bits per heavy atom. The molecule has 0 aromatic carbocycles. The smallest absolute Gasteiger partial charge is 0.261 e. The first-order chi connectivity index (χ1) is 9.49. The van der Waals surface area contributed by atoms with Crippen molar-refractivity contribution in [3.05, 3.63) is 4.88 Å². The number of rotatable bonds is 7. The summed E-state index contributed by atoms with van der Waals surface area (Å²) in [4.78, 5) is 11.0. The van der Waals surface area contributed by atoms with Gasteiger partial charge in [0.15, 0.2) is 9.84 Å². The summed E-state index contributed by atoms with van der Waals surface area (Å²) in [5.41, 5.74) is 10.7. The Kier molecular flexibility index (Phi) is 5.23. The van der Waals surface area contributed by atoms with Gasteiger partial charge in [0.2, 0.25) is 0 Å². The fourth-order valence-electron chi connectivity index (χ4n) is 1.53. The molecule has 0 aliphatic heterocycles. The highest BCUT2D eigenvalue weighted by molar-refractivity contribution is 7.92. The molecule has 0 spiro atoms. The molecule has 0 aliphatic carbocycles. The van der Waals surface area contributed by atoms with Crippen molar-refractivity contribution in [1.29, 1.82) is 0 Å². The zero-order valence-electron chi connectivity index (χ0n) is 11.5. The second-order valence-electron chi connectivity index (χ2n) is 4.33. The number of nitrogens with two attached hydrogens (primary N) is 2. The number of amides is 1. The Morgan fingerprint density at radius 2 is 1.86 bits per heavy atom. The quantitative estimate of drug-likeness (QED) is 0.606. The van der Waals surface area contributed by atoms with Gasteiger partial charge in [-0.05, 0) is 0 Å². The first kappa shape index (κ1) is 17.7. The molecule has 0 atom stereocenters. The Hall–Kier alpha value is -1.33. The number of nitrogen functional groups attached to an aromatic ring is 1. The van der Waals surface area contributed by atoms with E-state index in [1.165, 1.54) is 6.92 Å². The average Bonchev–Trinajstić information content (AvgIpc) is 2.65. The number of sulfone groups is 2. The maximum atomic E-state index is 12.1. The summed E-state index contributed by atoms with van der Waals surface area (Å²) in [7, 11) is -6.87. The van der Waals surface area contributed by atoms with Crippen LogP contribution in [0.25, 0.3) is 0 Å². The standard InChI is InChI=1S/C10H17N3O5S3/c1-3-21(17,18)8-6(11)7(9(12)14)19-10(8)13-4-5-20(2,15)16/h13H,3-5,11H2,1-2H3,(H2,12,14). The molecular weight excluding hydrogens is 338 g/mol. The lowest BCUT2D eigenvalue weighted by Crippen LogP contribution is -2.16. The minimum absolute atomic E-state index is 0.00320. The van der Waals surface area contributed by atoms with E-state index in [4.69, 9.17) is 11.5 Å². The molecule has 1 rings (SSSR count). The number of carbonyl (C=O) groups excluding carboxylic acids is 1. The van der Waals surface area contributed by atoms with Gasteiger partial charge in [-0.3, -0.25) is 4.79 Å². The maximum absolute atomic E-state index is 12.1. The van der Waals surface area contributed by atoms with Crippen molar-refractivity contribution in [3.8, 4) is 0 Å². The van der Waals surface area contributed by atoms with Gasteiger partial charge in [0.25, 0.3) is 5.91 Å². The summed E-state index contributed by atoms with van der Waals surface area (Å²) >= 11 is 0.802. The van der Waals surface area contributed by atoms with Gasteiger partial charge in [0.1, 0.15) is 24.6 Å². The van der Waals surface area contributed by atoms with E-state index in [-0.39, 0.29) is 38.5 Å². The molecule has 5 N–H and O–H groups in total. The second kappa shape index (κ2) is 6.20. The van der Waals surface area contributed by atoms with Gasteiger partial charge in [-0.1, -0.05) is 6.92 Å². The molecule has 0 bridgehead atoms. The second-order valence-corrected chi connectivity index (χ2v) is 9.82. The normalized spacial score (nSPS) is 12.3. The molecule has 0 saturated heterocycles. The summed E-state index contributed by atoms with van der Waals surface area (Å²) in [6.45, 7) is 1.44. The lowest BCUT2D eigenvalue weighted by Gasteiger charge is -2.07. The molecule has 120 valence electrons. The molecule has 21 heavy (non-hydrogen) atoms. The van der Waals surface area contributed by atoms with Crippen LogP contribution < -0.4 is 16.8 Å². The van der Waals surface area contributed by atoms with E-state index in [0.29, 0.717) is 0 Å². The van der Waals surface area contributed by atoms with Crippen molar-refractivity contribution in [2.75, 3.05) is 35.4 Å². The molecule has 0 aliphatic rings. The summed E-state index contributed by atoms with van der Waals surface area (Å²) in [6, 6.07) is 0. The molecule has 1 aromatic rings. The highest BCUT2D eigenvalue weighted by Gasteiger charge is 2.27. The number of thiophene rings is 1. The van der Waals surface area contributed by atoms with Crippen molar-refractivity contribution in [2.45, 2.75) is 11.8 Å². The maximum Gasteiger partial charge on any atom is 0.261 e. The highest BCUT2D eigenvalue weighted by Crippen LogP contribution is 2.39. The first-order valence-electron chi connectivity index (χ1n) is 5.86. The van der Waals surface area contributed by atoms with Crippen molar-refractivity contribution >= 4 is 47.6 Å². The van der Waals surface area contributed by atoms with Gasteiger partial charge < -0.3 is 16.8 Å². The number of primary amides is 1. The van der Waals surface area contributed by atoms with E-state index >= 15 is 0 Å². The first-order valence-corrected chi connectivity index (χ1v) is 10.4. The molecule has 0 fully saturated rings. The fourth-order valence-corrected chi connectivity index (χ4v) is 4.55. The van der Waals surface area contributed by atoms with Crippen molar-refractivity contribution in [1.82, 2.24) is 0 Å². The Bertz CT molecular complexity index is 749. The summed E-state index contributed by atoms with van der Waals surface area (Å²) < 4.78 is 46.3. The van der Waals surface area contributed by atoms with Crippen LogP contribution in [0.4, 0.5) is 10.7 Å². The minimum Gasteiger partial charge on any atom is -0.396 e. The number of anilines is 2. The SMILES string of the molecule is CCS(=O)(=O)c1c(NCCS(C)(=O)=O)sc(C(N)=O)c1N. The van der Waals surface area contributed by atoms with Crippen LogP contribution in [0.2, 0.25) is 0 Å². The third-order valence-corrected chi connectivity index (χ3v) is 6.63. The van der Waals surface area contributed by atoms with Crippen LogP contribution >= 0.6 is 11.3 Å². The van der Waals surface area contributed by atoms with Gasteiger partial charge in [0, 0.05) is 12.8 Å². The monoisotopic (exact) mass is 355 g/mol. The fraction of sp³-hybridized carbons (Fsp3) is 0.500. The van der Waals surface area contributed by atoms with Gasteiger partial charge in [-0.25, -0.2) is 16.8 Å². The van der Waals surface area contributed by atoms with E-state index in [0.717, 1.165) is 17.6 Å².